The highest BCUT2D eigenvalue weighted by Gasteiger charge is 2.23. The summed E-state index contributed by atoms with van der Waals surface area (Å²) in [5.74, 6) is 0. The van der Waals surface area contributed by atoms with Crippen LogP contribution in [0.25, 0.3) is 0 Å². The van der Waals surface area contributed by atoms with Crippen LogP contribution in [0.2, 0.25) is 0 Å². The summed E-state index contributed by atoms with van der Waals surface area (Å²) in [6.07, 6.45) is 3.92. The quantitative estimate of drug-likeness (QED) is 0.868. The monoisotopic (exact) mass is 304 g/mol. The fourth-order valence-electron chi connectivity index (χ4n) is 3.31. The molecule has 3 rings (SSSR count). The Labute approximate surface area is 133 Å². The van der Waals surface area contributed by atoms with E-state index in [9.17, 15) is 0 Å². The van der Waals surface area contributed by atoms with Gasteiger partial charge in [-0.1, -0.05) is 38.1 Å². The Kier molecular flexibility index (Phi) is 5.25. The fourth-order valence-corrected chi connectivity index (χ4v) is 4.70. The van der Waals surface area contributed by atoms with Gasteiger partial charge in [-0.15, -0.1) is 0 Å². The zero-order valence-electron chi connectivity index (χ0n) is 13.3. The van der Waals surface area contributed by atoms with Crippen molar-refractivity contribution in [2.24, 2.45) is 0 Å². The maximum Gasteiger partial charge on any atom is 0.0237 e. The first-order valence-electron chi connectivity index (χ1n) is 8.38. The molecule has 2 unspecified atom stereocenters. The van der Waals surface area contributed by atoms with Gasteiger partial charge in [-0.25, -0.2) is 0 Å². The second-order valence-electron chi connectivity index (χ2n) is 6.70. The third-order valence-corrected chi connectivity index (χ3v) is 5.64. The summed E-state index contributed by atoms with van der Waals surface area (Å²) in [6.45, 7) is 9.42. The minimum atomic E-state index is 0.762. The average molecular weight is 305 g/mol. The molecule has 3 heteroatoms. The molecule has 0 amide bonds. The van der Waals surface area contributed by atoms with Gasteiger partial charge in [0.05, 0.1) is 0 Å². The third-order valence-electron chi connectivity index (χ3n) is 4.41. The van der Waals surface area contributed by atoms with Crippen molar-refractivity contribution in [3.05, 3.63) is 35.4 Å². The van der Waals surface area contributed by atoms with Gasteiger partial charge in [-0.3, -0.25) is 4.90 Å². The molecule has 2 nitrogen and oxygen atoms in total. The Hall–Kier alpha value is -0.510. The summed E-state index contributed by atoms with van der Waals surface area (Å²) in [5, 5.41) is 5.16. The molecule has 1 aliphatic heterocycles. The van der Waals surface area contributed by atoms with Crippen molar-refractivity contribution >= 4 is 11.8 Å². The van der Waals surface area contributed by atoms with Crippen LogP contribution in [0, 0.1) is 0 Å². The highest BCUT2D eigenvalue weighted by molar-refractivity contribution is 8.00. The molecule has 0 bridgehead atoms. The highest BCUT2D eigenvalue weighted by Crippen LogP contribution is 2.26. The maximum absolute atomic E-state index is 3.63. The number of hydrogen-bond donors (Lipinski definition) is 1. The molecule has 1 saturated carbocycles. The van der Waals surface area contributed by atoms with Gasteiger partial charge >= 0.3 is 0 Å². The molecule has 0 radical (unpaired) electrons. The standard InChI is InChI=1S/C18H28N2S/c1-14-11-20(12-15(2)21-14)13-17-6-4-3-5-16(17)9-10-19-18-7-8-18/h3-6,14-15,18-19H,7-13H2,1-2H3. The van der Waals surface area contributed by atoms with E-state index in [1.54, 1.807) is 0 Å². The molecule has 0 spiro atoms. The van der Waals surface area contributed by atoms with E-state index in [-0.39, 0.29) is 0 Å². The van der Waals surface area contributed by atoms with Gasteiger partial charge in [-0.2, -0.15) is 11.8 Å². The number of benzene rings is 1. The number of nitrogens with one attached hydrogen (secondary N) is 1. The van der Waals surface area contributed by atoms with Crippen LogP contribution in [0.4, 0.5) is 0 Å². The first-order valence-corrected chi connectivity index (χ1v) is 9.33. The Morgan fingerprint density at radius 1 is 1.10 bits per heavy atom. The largest absolute Gasteiger partial charge is 0.314 e. The van der Waals surface area contributed by atoms with Crippen LogP contribution in [-0.4, -0.2) is 41.1 Å². The van der Waals surface area contributed by atoms with Gasteiger partial charge in [0.2, 0.25) is 0 Å². The summed E-state index contributed by atoms with van der Waals surface area (Å²) >= 11 is 2.13. The zero-order valence-corrected chi connectivity index (χ0v) is 14.2. The zero-order chi connectivity index (χ0) is 14.7. The average Bonchev–Trinajstić information content (AvgIpc) is 3.24. The fraction of sp³-hybridized carbons (Fsp3) is 0.667. The van der Waals surface area contributed by atoms with E-state index in [4.69, 9.17) is 0 Å². The highest BCUT2D eigenvalue weighted by atomic mass is 32.2. The molecule has 2 fully saturated rings. The molecule has 116 valence electrons. The van der Waals surface area contributed by atoms with Gasteiger partial charge in [0.15, 0.2) is 0 Å². The smallest absolute Gasteiger partial charge is 0.0237 e. The van der Waals surface area contributed by atoms with Crippen LogP contribution in [0.3, 0.4) is 0 Å². The van der Waals surface area contributed by atoms with Crippen molar-refractivity contribution in [1.29, 1.82) is 0 Å². The SMILES string of the molecule is CC1CN(Cc2ccccc2CCNC2CC2)CC(C)S1. The number of rotatable bonds is 6. The Balaban J connectivity index is 1.58. The van der Waals surface area contributed by atoms with Crippen molar-refractivity contribution in [1.82, 2.24) is 10.2 Å². The lowest BCUT2D eigenvalue weighted by atomic mass is 10.0. The van der Waals surface area contributed by atoms with Gasteiger partial charge in [0.1, 0.15) is 0 Å². The molecular weight excluding hydrogens is 276 g/mol. The molecule has 1 aromatic rings. The van der Waals surface area contributed by atoms with E-state index in [1.165, 1.54) is 43.5 Å². The molecule has 0 aromatic heterocycles. The summed E-state index contributed by atoms with van der Waals surface area (Å²) in [4.78, 5) is 2.64. The topological polar surface area (TPSA) is 15.3 Å². The van der Waals surface area contributed by atoms with E-state index in [0.29, 0.717) is 0 Å². The predicted molar refractivity (Wildman–Crippen MR) is 93.0 cm³/mol. The number of thioether (sulfide) groups is 1. The van der Waals surface area contributed by atoms with Crippen molar-refractivity contribution in [2.75, 3.05) is 19.6 Å². The van der Waals surface area contributed by atoms with Crippen molar-refractivity contribution in [2.45, 2.75) is 56.2 Å². The lowest BCUT2D eigenvalue weighted by molar-refractivity contribution is 0.262. The third kappa shape index (κ3) is 4.73. The first-order chi connectivity index (χ1) is 10.2. The van der Waals surface area contributed by atoms with Crippen LogP contribution in [0.5, 0.6) is 0 Å². The summed E-state index contributed by atoms with van der Waals surface area (Å²) in [5.41, 5.74) is 3.06. The number of nitrogens with zero attached hydrogens (tertiary/aromatic N) is 1. The normalized spacial score (nSPS) is 27.0. The van der Waals surface area contributed by atoms with Crippen LogP contribution in [-0.2, 0) is 13.0 Å². The lowest BCUT2D eigenvalue weighted by Crippen LogP contribution is -2.40. The summed E-state index contributed by atoms with van der Waals surface area (Å²) < 4.78 is 0. The van der Waals surface area contributed by atoms with Crippen LogP contribution in [0.1, 0.15) is 37.8 Å². The van der Waals surface area contributed by atoms with E-state index < -0.39 is 0 Å². The van der Waals surface area contributed by atoms with Crippen molar-refractivity contribution in [3.63, 3.8) is 0 Å². The molecule has 1 aromatic carbocycles. The van der Waals surface area contributed by atoms with Gasteiger partial charge in [0.25, 0.3) is 0 Å². The molecule has 1 heterocycles. The van der Waals surface area contributed by atoms with Gasteiger partial charge in [-0.05, 0) is 36.9 Å². The Morgan fingerprint density at radius 2 is 1.76 bits per heavy atom. The van der Waals surface area contributed by atoms with Crippen LogP contribution < -0.4 is 5.32 Å². The molecule has 1 aliphatic carbocycles. The van der Waals surface area contributed by atoms with Gasteiger partial charge < -0.3 is 5.32 Å². The Morgan fingerprint density at radius 3 is 2.43 bits per heavy atom. The maximum atomic E-state index is 3.63. The minimum absolute atomic E-state index is 0.762. The van der Waals surface area contributed by atoms with E-state index in [0.717, 1.165) is 29.6 Å². The van der Waals surface area contributed by atoms with Gasteiger partial charge in [0, 0.05) is 36.2 Å². The number of hydrogen-bond acceptors (Lipinski definition) is 3. The molecular formula is C18H28N2S. The second-order valence-corrected chi connectivity index (χ2v) is 8.58. The summed E-state index contributed by atoms with van der Waals surface area (Å²) in [7, 11) is 0. The van der Waals surface area contributed by atoms with Crippen molar-refractivity contribution < 1.29 is 0 Å². The Bertz CT molecular complexity index is 448. The molecule has 2 aliphatic rings. The molecule has 21 heavy (non-hydrogen) atoms. The summed E-state index contributed by atoms with van der Waals surface area (Å²) in [6, 6.07) is 9.84. The molecule has 1 N–H and O–H groups in total. The predicted octanol–water partition coefficient (Wildman–Crippen LogP) is 3.31. The lowest BCUT2D eigenvalue weighted by Gasteiger charge is -2.35. The molecule has 2 atom stereocenters. The minimum Gasteiger partial charge on any atom is -0.314 e. The second kappa shape index (κ2) is 7.17. The van der Waals surface area contributed by atoms with Crippen molar-refractivity contribution in [3.8, 4) is 0 Å². The first kappa shape index (κ1) is 15.4. The van der Waals surface area contributed by atoms with Crippen LogP contribution >= 0.6 is 11.8 Å². The van der Waals surface area contributed by atoms with E-state index in [2.05, 4.69) is 60.1 Å². The van der Waals surface area contributed by atoms with E-state index >= 15 is 0 Å². The van der Waals surface area contributed by atoms with E-state index in [1.807, 2.05) is 0 Å². The van der Waals surface area contributed by atoms with Crippen LogP contribution in [0.15, 0.2) is 24.3 Å². The molecule has 1 saturated heterocycles.